The first-order valence-electron chi connectivity index (χ1n) is 11.0. The first-order chi connectivity index (χ1) is 16.1. The first kappa shape index (κ1) is 22.3. The van der Waals surface area contributed by atoms with E-state index >= 15 is 0 Å². The number of benzene rings is 3. The van der Waals surface area contributed by atoms with Gasteiger partial charge in [-0.3, -0.25) is 4.99 Å². The van der Waals surface area contributed by atoms with Crippen LogP contribution in [0.3, 0.4) is 0 Å². The summed E-state index contributed by atoms with van der Waals surface area (Å²) in [5.41, 5.74) is 2.85. The van der Waals surface area contributed by atoms with E-state index in [4.69, 9.17) is 10.1 Å². The van der Waals surface area contributed by atoms with Gasteiger partial charge in [0.15, 0.2) is 5.96 Å². The summed E-state index contributed by atoms with van der Waals surface area (Å²) in [4.78, 5) is 20.2. The van der Waals surface area contributed by atoms with E-state index in [1.807, 2.05) is 30.3 Å². The van der Waals surface area contributed by atoms with Crippen molar-refractivity contribution in [2.75, 3.05) is 42.9 Å². The van der Waals surface area contributed by atoms with Gasteiger partial charge in [-0.25, -0.2) is 9.18 Å². The molecule has 0 saturated carbocycles. The molecule has 0 aliphatic carbocycles. The number of carboxylic acids is 1. The number of nitrogens with one attached hydrogen (secondary N) is 1. The van der Waals surface area contributed by atoms with Crippen molar-refractivity contribution in [2.45, 2.75) is 6.42 Å². The molecule has 4 rings (SSSR count). The van der Waals surface area contributed by atoms with Crippen LogP contribution in [0.4, 0.5) is 15.8 Å². The highest BCUT2D eigenvalue weighted by atomic mass is 19.1. The molecule has 1 aliphatic rings. The van der Waals surface area contributed by atoms with Gasteiger partial charge < -0.3 is 20.2 Å². The summed E-state index contributed by atoms with van der Waals surface area (Å²) >= 11 is 0. The molecule has 3 aromatic rings. The summed E-state index contributed by atoms with van der Waals surface area (Å²) in [6.45, 7) is 3.36. The lowest BCUT2D eigenvalue weighted by Crippen LogP contribution is -2.51. The highest BCUT2D eigenvalue weighted by molar-refractivity contribution is 5.95. The third-order valence-corrected chi connectivity index (χ3v) is 5.67. The minimum absolute atomic E-state index is 0.209. The summed E-state index contributed by atoms with van der Waals surface area (Å²) in [6.07, 6.45) is 0.819. The van der Waals surface area contributed by atoms with E-state index in [-0.39, 0.29) is 11.4 Å². The van der Waals surface area contributed by atoms with Crippen LogP contribution >= 0.6 is 0 Å². The number of nitrogens with zero attached hydrogens (tertiary/aromatic N) is 3. The Morgan fingerprint density at radius 1 is 0.909 bits per heavy atom. The van der Waals surface area contributed by atoms with Gasteiger partial charge in [0.05, 0.1) is 11.3 Å². The van der Waals surface area contributed by atoms with Crippen LogP contribution in [0.5, 0.6) is 0 Å². The molecule has 2 N–H and O–H groups in total. The van der Waals surface area contributed by atoms with Gasteiger partial charge >= 0.3 is 5.97 Å². The number of para-hydroxylation sites is 1. The predicted molar refractivity (Wildman–Crippen MR) is 130 cm³/mol. The normalized spacial score (nSPS) is 14.3. The average Bonchev–Trinajstić information content (AvgIpc) is 2.85. The molecule has 0 amide bonds. The summed E-state index contributed by atoms with van der Waals surface area (Å²) in [6, 6.07) is 23.7. The molecule has 1 aliphatic heterocycles. The second-order valence-electron chi connectivity index (χ2n) is 7.87. The van der Waals surface area contributed by atoms with Gasteiger partial charge in [0.1, 0.15) is 5.82 Å². The number of aliphatic imine (C=N–C) groups is 1. The highest BCUT2D eigenvalue weighted by Gasteiger charge is 2.22. The number of hydrogen-bond acceptors (Lipinski definition) is 3. The molecule has 6 nitrogen and oxygen atoms in total. The SMILES string of the molecule is O=C(O)c1ccc(NC(=NCCc2ccccc2)N2CCN(c3ccccc3F)CC2)cc1. The van der Waals surface area contributed by atoms with E-state index in [2.05, 4.69) is 27.2 Å². The summed E-state index contributed by atoms with van der Waals surface area (Å²) in [5.74, 6) is -0.427. The summed E-state index contributed by atoms with van der Waals surface area (Å²) in [5, 5.41) is 12.5. The molecule has 170 valence electrons. The molecule has 0 radical (unpaired) electrons. The van der Waals surface area contributed by atoms with E-state index in [1.165, 1.54) is 11.6 Å². The molecule has 0 unspecified atom stereocenters. The maximum atomic E-state index is 14.2. The quantitative estimate of drug-likeness (QED) is 0.435. The van der Waals surface area contributed by atoms with E-state index < -0.39 is 5.97 Å². The molecular formula is C26H27FN4O2. The molecule has 0 atom stereocenters. The Morgan fingerprint density at radius 3 is 2.24 bits per heavy atom. The molecule has 7 heteroatoms. The monoisotopic (exact) mass is 446 g/mol. The molecule has 1 saturated heterocycles. The van der Waals surface area contributed by atoms with Crippen LogP contribution in [-0.4, -0.2) is 54.7 Å². The molecule has 1 heterocycles. The maximum Gasteiger partial charge on any atom is 0.335 e. The summed E-state index contributed by atoms with van der Waals surface area (Å²) < 4.78 is 14.2. The summed E-state index contributed by atoms with van der Waals surface area (Å²) in [7, 11) is 0. The second kappa shape index (κ2) is 10.6. The third-order valence-electron chi connectivity index (χ3n) is 5.67. The van der Waals surface area contributed by atoms with Crippen molar-refractivity contribution in [2.24, 2.45) is 4.99 Å². The minimum Gasteiger partial charge on any atom is -0.478 e. The fourth-order valence-electron chi connectivity index (χ4n) is 3.85. The fraction of sp³-hybridized carbons (Fsp3) is 0.231. The Labute approximate surface area is 193 Å². The predicted octanol–water partition coefficient (Wildman–Crippen LogP) is 4.36. The van der Waals surface area contributed by atoms with E-state index in [9.17, 15) is 9.18 Å². The number of rotatable bonds is 6. The van der Waals surface area contributed by atoms with Crippen molar-refractivity contribution < 1.29 is 14.3 Å². The Kier molecular flexibility index (Phi) is 7.19. The van der Waals surface area contributed by atoms with E-state index in [0.717, 1.165) is 18.1 Å². The largest absolute Gasteiger partial charge is 0.478 e. The molecule has 0 spiro atoms. The Bertz CT molecular complexity index is 1090. The van der Waals surface area contributed by atoms with Gasteiger partial charge in [0, 0.05) is 38.4 Å². The smallest absolute Gasteiger partial charge is 0.335 e. The lowest BCUT2D eigenvalue weighted by atomic mass is 10.1. The van der Waals surface area contributed by atoms with Crippen LogP contribution in [0.1, 0.15) is 15.9 Å². The van der Waals surface area contributed by atoms with Crippen molar-refractivity contribution in [1.29, 1.82) is 0 Å². The van der Waals surface area contributed by atoms with Crippen molar-refractivity contribution in [3.8, 4) is 0 Å². The molecule has 0 aromatic heterocycles. The second-order valence-corrected chi connectivity index (χ2v) is 7.87. The number of anilines is 2. The van der Waals surface area contributed by atoms with Gasteiger partial charge in [-0.15, -0.1) is 0 Å². The van der Waals surface area contributed by atoms with Crippen LogP contribution in [-0.2, 0) is 6.42 Å². The van der Waals surface area contributed by atoms with Gasteiger partial charge in [-0.2, -0.15) is 0 Å². The number of aromatic carboxylic acids is 1. The van der Waals surface area contributed by atoms with Crippen LogP contribution in [0.15, 0.2) is 83.9 Å². The molecular weight excluding hydrogens is 419 g/mol. The van der Waals surface area contributed by atoms with Gasteiger partial charge in [0.25, 0.3) is 0 Å². The number of carboxylic acid groups (broad SMARTS) is 1. The Balaban J connectivity index is 1.46. The Morgan fingerprint density at radius 2 is 1.58 bits per heavy atom. The molecule has 1 fully saturated rings. The van der Waals surface area contributed by atoms with Crippen LogP contribution in [0.25, 0.3) is 0 Å². The van der Waals surface area contributed by atoms with E-state index in [1.54, 1.807) is 30.3 Å². The van der Waals surface area contributed by atoms with E-state index in [0.29, 0.717) is 38.4 Å². The molecule has 33 heavy (non-hydrogen) atoms. The van der Waals surface area contributed by atoms with Crippen LogP contribution in [0.2, 0.25) is 0 Å². The van der Waals surface area contributed by atoms with Crippen LogP contribution < -0.4 is 10.2 Å². The van der Waals surface area contributed by atoms with Crippen molar-refractivity contribution in [3.63, 3.8) is 0 Å². The first-order valence-corrected chi connectivity index (χ1v) is 11.0. The standard InChI is InChI=1S/C26H27FN4O2/c27-23-8-4-5-9-24(23)30-16-18-31(19-17-30)26(28-15-14-20-6-2-1-3-7-20)29-22-12-10-21(11-13-22)25(32)33/h1-13H,14-19H2,(H,28,29)(H,32,33). The molecule has 3 aromatic carbocycles. The molecule has 0 bridgehead atoms. The zero-order valence-electron chi connectivity index (χ0n) is 18.3. The number of halogens is 1. The highest BCUT2D eigenvalue weighted by Crippen LogP contribution is 2.20. The number of piperazine rings is 1. The number of carbonyl (C=O) groups is 1. The van der Waals surface area contributed by atoms with Gasteiger partial charge in [-0.05, 0) is 48.4 Å². The minimum atomic E-state index is -0.956. The van der Waals surface area contributed by atoms with Crippen molar-refractivity contribution in [1.82, 2.24) is 4.90 Å². The zero-order valence-corrected chi connectivity index (χ0v) is 18.3. The third kappa shape index (κ3) is 5.88. The number of hydrogen-bond donors (Lipinski definition) is 2. The Hall–Kier alpha value is -3.87. The van der Waals surface area contributed by atoms with Crippen molar-refractivity contribution >= 4 is 23.3 Å². The van der Waals surface area contributed by atoms with Crippen LogP contribution in [0, 0.1) is 5.82 Å². The number of guanidine groups is 1. The zero-order chi connectivity index (χ0) is 23.0. The van der Waals surface area contributed by atoms with Gasteiger partial charge in [-0.1, -0.05) is 42.5 Å². The van der Waals surface area contributed by atoms with Crippen molar-refractivity contribution in [3.05, 3.63) is 95.8 Å². The maximum absolute atomic E-state index is 14.2. The fourth-order valence-corrected chi connectivity index (χ4v) is 3.85. The average molecular weight is 447 g/mol. The lowest BCUT2D eigenvalue weighted by molar-refractivity contribution is 0.0697. The lowest BCUT2D eigenvalue weighted by Gasteiger charge is -2.37. The topological polar surface area (TPSA) is 68.2 Å². The van der Waals surface area contributed by atoms with Gasteiger partial charge in [0.2, 0.25) is 0 Å².